The summed E-state index contributed by atoms with van der Waals surface area (Å²) in [6.07, 6.45) is 1.47. The molecule has 0 aliphatic heterocycles. The van der Waals surface area contributed by atoms with Crippen molar-refractivity contribution in [2.45, 2.75) is 58.4 Å². The molecule has 0 radical (unpaired) electrons. The number of carboxylic acids is 1. The second kappa shape index (κ2) is 9.41. The molecule has 0 heterocycles. The fraction of sp³-hybridized carbons (Fsp3) is 0.722. The Morgan fingerprint density at radius 2 is 1.65 bits per heavy atom. The molecule has 2 unspecified atom stereocenters. The van der Waals surface area contributed by atoms with E-state index in [0.717, 1.165) is 0 Å². The van der Waals surface area contributed by atoms with Crippen LogP contribution in [0.3, 0.4) is 0 Å². The first-order valence-corrected chi connectivity index (χ1v) is 8.92. The number of hydrogen-bond donors (Lipinski definition) is 4. The third kappa shape index (κ3) is 7.37. The minimum atomic E-state index is -1.03. The van der Waals surface area contributed by atoms with Crippen LogP contribution in [-0.4, -0.2) is 65.3 Å². The minimum Gasteiger partial charge on any atom is -0.478 e. The summed E-state index contributed by atoms with van der Waals surface area (Å²) in [4.78, 5) is 37.8. The van der Waals surface area contributed by atoms with Crippen LogP contribution in [0, 0.1) is 5.41 Å². The molecular weight excluding hydrogens is 354 g/mol. The molecule has 0 saturated carbocycles. The number of thiol groups is 1. The third-order valence-corrected chi connectivity index (χ3v) is 4.30. The second-order valence-corrected chi connectivity index (χ2v) is 9.25. The van der Waals surface area contributed by atoms with Crippen molar-refractivity contribution >= 4 is 30.4 Å². The summed E-state index contributed by atoms with van der Waals surface area (Å²) in [6.45, 7) is 10.8. The number of nitrogens with zero attached hydrogens (tertiary/aromatic N) is 1. The normalized spacial score (nSPS) is 15.2. The Kier molecular flexibility index (Phi) is 8.85. The highest BCUT2D eigenvalue weighted by atomic mass is 32.1. The van der Waals surface area contributed by atoms with E-state index in [9.17, 15) is 14.4 Å². The van der Waals surface area contributed by atoms with Crippen LogP contribution in [0.2, 0.25) is 0 Å². The van der Waals surface area contributed by atoms with E-state index in [1.165, 1.54) is 17.9 Å². The molecule has 0 spiro atoms. The second-order valence-electron chi connectivity index (χ2n) is 8.09. The highest BCUT2D eigenvalue weighted by Crippen LogP contribution is 2.23. The highest BCUT2D eigenvalue weighted by molar-refractivity contribution is 7.81. The lowest BCUT2D eigenvalue weighted by molar-refractivity contribution is -0.138. The molecule has 2 amide bonds. The highest BCUT2D eigenvalue weighted by Gasteiger charge is 2.38. The molecule has 0 aromatic carbocycles. The van der Waals surface area contributed by atoms with Crippen LogP contribution in [0.1, 0.15) is 41.5 Å². The molecule has 0 aromatic heterocycles. The van der Waals surface area contributed by atoms with Crippen molar-refractivity contribution < 1.29 is 19.5 Å². The largest absolute Gasteiger partial charge is 0.478 e. The lowest BCUT2D eigenvalue weighted by Crippen LogP contribution is -2.60. The van der Waals surface area contributed by atoms with E-state index in [4.69, 9.17) is 5.11 Å². The van der Waals surface area contributed by atoms with Gasteiger partial charge in [0.2, 0.25) is 11.8 Å². The molecule has 8 heteroatoms. The molecule has 0 aliphatic carbocycles. The lowest BCUT2D eigenvalue weighted by Gasteiger charge is -2.36. The van der Waals surface area contributed by atoms with Crippen LogP contribution in [0.25, 0.3) is 0 Å². The van der Waals surface area contributed by atoms with Gasteiger partial charge in [0.1, 0.15) is 12.1 Å². The van der Waals surface area contributed by atoms with E-state index in [0.29, 0.717) is 0 Å². The number of amides is 2. The van der Waals surface area contributed by atoms with E-state index < -0.39 is 28.2 Å². The SMILES string of the molecule is CNC(C(=O)NC(C(=O)N(C)C/C=C(\C)C(=O)O)C(C)(C)C)C(C)(C)S. The number of rotatable bonds is 8. The van der Waals surface area contributed by atoms with Crippen molar-refractivity contribution in [2.24, 2.45) is 5.41 Å². The van der Waals surface area contributed by atoms with Gasteiger partial charge in [-0.2, -0.15) is 12.6 Å². The Morgan fingerprint density at radius 1 is 1.15 bits per heavy atom. The zero-order valence-electron chi connectivity index (χ0n) is 17.0. The summed E-state index contributed by atoms with van der Waals surface area (Å²) >= 11 is 4.45. The van der Waals surface area contributed by atoms with Crippen LogP contribution in [0.15, 0.2) is 11.6 Å². The maximum absolute atomic E-state index is 12.9. The Labute approximate surface area is 162 Å². The van der Waals surface area contributed by atoms with Crippen LogP contribution < -0.4 is 10.6 Å². The predicted octanol–water partition coefficient (Wildman–Crippen LogP) is 1.30. The molecule has 3 N–H and O–H groups in total. The van der Waals surface area contributed by atoms with E-state index in [1.807, 2.05) is 34.6 Å². The molecule has 2 atom stereocenters. The third-order valence-electron chi connectivity index (χ3n) is 4.04. The molecule has 150 valence electrons. The van der Waals surface area contributed by atoms with Crippen molar-refractivity contribution in [3.8, 4) is 0 Å². The first-order chi connectivity index (χ1) is 11.6. The van der Waals surface area contributed by atoms with Crippen molar-refractivity contribution in [3.05, 3.63) is 11.6 Å². The zero-order chi connectivity index (χ0) is 20.9. The Balaban J connectivity index is 5.39. The van der Waals surface area contributed by atoms with Gasteiger partial charge in [-0.3, -0.25) is 9.59 Å². The van der Waals surface area contributed by atoms with E-state index >= 15 is 0 Å². The topological polar surface area (TPSA) is 98.7 Å². The van der Waals surface area contributed by atoms with Crippen LogP contribution in [-0.2, 0) is 14.4 Å². The van der Waals surface area contributed by atoms with Gasteiger partial charge < -0.3 is 20.6 Å². The molecule has 0 rings (SSSR count). The average molecular weight is 388 g/mol. The molecule has 0 saturated heterocycles. The summed E-state index contributed by atoms with van der Waals surface area (Å²) in [5.74, 6) is -1.63. The molecule has 0 aliphatic rings. The Morgan fingerprint density at radius 3 is 2.00 bits per heavy atom. The van der Waals surface area contributed by atoms with Crippen LogP contribution >= 0.6 is 12.6 Å². The standard InChI is InChI=1S/C18H33N3O4S/c1-11(16(24)25)9-10-21(8)15(23)13(17(2,3)4)20-14(22)12(19-7)18(5,6)26/h9,12-13,19,26H,10H2,1-8H3,(H,20,22)(H,24,25)/b11-9+. The molecular formula is C18H33N3O4S. The van der Waals surface area contributed by atoms with E-state index in [-0.39, 0.29) is 23.9 Å². The lowest BCUT2D eigenvalue weighted by atomic mass is 9.85. The summed E-state index contributed by atoms with van der Waals surface area (Å²) in [5, 5.41) is 14.7. The first kappa shape index (κ1) is 24.5. The van der Waals surface area contributed by atoms with Crippen LogP contribution in [0.4, 0.5) is 0 Å². The van der Waals surface area contributed by atoms with Crippen molar-refractivity contribution in [1.29, 1.82) is 0 Å². The number of carbonyl (C=O) groups is 3. The number of carboxylic acid groups (broad SMARTS) is 1. The first-order valence-electron chi connectivity index (χ1n) is 8.48. The van der Waals surface area contributed by atoms with Crippen molar-refractivity contribution in [2.75, 3.05) is 20.6 Å². The maximum atomic E-state index is 12.9. The fourth-order valence-electron chi connectivity index (χ4n) is 2.35. The quantitative estimate of drug-likeness (QED) is 0.372. The van der Waals surface area contributed by atoms with Gasteiger partial charge in [0.15, 0.2) is 0 Å². The number of likely N-dealkylation sites (N-methyl/N-ethyl adjacent to an activating group) is 2. The van der Waals surface area contributed by atoms with Gasteiger partial charge in [-0.05, 0) is 33.2 Å². The Bertz CT molecular complexity index is 562. The smallest absolute Gasteiger partial charge is 0.331 e. The predicted molar refractivity (Wildman–Crippen MR) is 106 cm³/mol. The molecule has 26 heavy (non-hydrogen) atoms. The van der Waals surface area contributed by atoms with E-state index in [1.54, 1.807) is 14.1 Å². The summed E-state index contributed by atoms with van der Waals surface area (Å²) in [7, 11) is 3.25. The van der Waals surface area contributed by atoms with Gasteiger partial charge >= 0.3 is 5.97 Å². The van der Waals surface area contributed by atoms with Gasteiger partial charge in [-0.1, -0.05) is 26.8 Å². The number of aliphatic carboxylic acids is 1. The number of carbonyl (C=O) groups excluding carboxylic acids is 2. The summed E-state index contributed by atoms with van der Waals surface area (Å²) in [6, 6.07) is -1.34. The van der Waals surface area contributed by atoms with E-state index in [2.05, 4.69) is 23.3 Å². The molecule has 0 bridgehead atoms. The Hall–Kier alpha value is -1.54. The van der Waals surface area contributed by atoms with Gasteiger partial charge in [0, 0.05) is 23.9 Å². The summed E-state index contributed by atoms with van der Waals surface area (Å²) < 4.78 is -0.614. The molecule has 0 fully saturated rings. The molecule has 0 aromatic rings. The van der Waals surface area contributed by atoms with Gasteiger partial charge in [0.05, 0.1) is 0 Å². The minimum absolute atomic E-state index is 0.146. The average Bonchev–Trinajstić information content (AvgIpc) is 2.47. The molecule has 7 nitrogen and oxygen atoms in total. The fourth-order valence-corrected chi connectivity index (χ4v) is 2.60. The van der Waals surface area contributed by atoms with Crippen LogP contribution in [0.5, 0.6) is 0 Å². The monoisotopic (exact) mass is 387 g/mol. The van der Waals surface area contributed by atoms with Crippen molar-refractivity contribution in [1.82, 2.24) is 15.5 Å². The zero-order valence-corrected chi connectivity index (χ0v) is 17.9. The van der Waals surface area contributed by atoms with Crippen molar-refractivity contribution in [3.63, 3.8) is 0 Å². The van der Waals surface area contributed by atoms with Gasteiger partial charge in [-0.25, -0.2) is 4.79 Å². The van der Waals surface area contributed by atoms with Gasteiger partial charge in [0.25, 0.3) is 0 Å². The summed E-state index contributed by atoms with van der Waals surface area (Å²) in [5.41, 5.74) is -0.362. The van der Waals surface area contributed by atoms with Gasteiger partial charge in [-0.15, -0.1) is 0 Å². The number of nitrogens with one attached hydrogen (secondary N) is 2. The number of hydrogen-bond acceptors (Lipinski definition) is 5. The maximum Gasteiger partial charge on any atom is 0.331 e.